The summed E-state index contributed by atoms with van der Waals surface area (Å²) in [4.78, 5) is 34.2. The van der Waals surface area contributed by atoms with Crippen LogP contribution in [0, 0.1) is 5.82 Å². The van der Waals surface area contributed by atoms with E-state index >= 15 is 0 Å². The number of halogens is 1. The summed E-state index contributed by atoms with van der Waals surface area (Å²) in [7, 11) is 1.56. The molecule has 1 aliphatic heterocycles. The highest BCUT2D eigenvalue weighted by Gasteiger charge is 2.27. The van der Waals surface area contributed by atoms with E-state index < -0.39 is 11.9 Å². The molecule has 0 spiro atoms. The first-order chi connectivity index (χ1) is 16.5. The molecule has 8 nitrogen and oxygen atoms in total. The third-order valence-electron chi connectivity index (χ3n) is 5.60. The molecule has 0 saturated heterocycles. The van der Waals surface area contributed by atoms with E-state index in [1.165, 1.54) is 39.7 Å². The monoisotopic (exact) mass is 501 g/mol. The van der Waals surface area contributed by atoms with Gasteiger partial charge in [-0.3, -0.25) is 4.79 Å². The van der Waals surface area contributed by atoms with Gasteiger partial charge in [-0.25, -0.2) is 14.2 Å². The number of methoxy groups -OCH3 is 1. The Morgan fingerprint density at radius 3 is 2.97 bits per heavy atom. The van der Waals surface area contributed by atoms with E-state index in [0.29, 0.717) is 52.5 Å². The molecule has 0 aliphatic carbocycles. The second-order valence-electron chi connectivity index (χ2n) is 7.69. The average molecular weight is 502 g/mol. The summed E-state index contributed by atoms with van der Waals surface area (Å²) in [6, 6.07) is 6.05. The minimum atomic E-state index is -0.973. The molecule has 4 aromatic rings. The molecule has 0 atom stereocenters. The number of aromatic nitrogens is 2. The molecule has 0 unspecified atom stereocenters. The maximum absolute atomic E-state index is 14.1. The number of benzene rings is 1. The highest BCUT2D eigenvalue weighted by molar-refractivity contribution is 7.18. The topological polar surface area (TPSA) is 105 Å². The lowest BCUT2D eigenvalue weighted by molar-refractivity contribution is 0.140. The number of aromatic amines is 1. The van der Waals surface area contributed by atoms with Crippen LogP contribution in [-0.2, 0) is 17.7 Å². The largest absolute Gasteiger partial charge is 0.490 e. The summed E-state index contributed by atoms with van der Waals surface area (Å²) in [5, 5.41) is 12.3. The molecule has 1 aromatic carbocycles. The lowest BCUT2D eigenvalue weighted by Gasteiger charge is -2.22. The summed E-state index contributed by atoms with van der Waals surface area (Å²) in [5.41, 5.74) is 2.39. The number of hydrogen-bond donors (Lipinski definition) is 2. The first kappa shape index (κ1) is 22.5. The number of nitrogens with zero attached hydrogens (tertiary/aromatic N) is 2. The highest BCUT2D eigenvalue weighted by atomic mass is 32.1. The number of rotatable bonds is 6. The van der Waals surface area contributed by atoms with E-state index in [9.17, 15) is 19.1 Å². The van der Waals surface area contributed by atoms with Gasteiger partial charge in [-0.15, -0.1) is 22.7 Å². The molecule has 1 amide bonds. The zero-order valence-electron chi connectivity index (χ0n) is 18.1. The molecule has 5 rings (SSSR count). The van der Waals surface area contributed by atoms with Crippen LogP contribution in [0.15, 0.2) is 34.4 Å². The number of amides is 1. The Morgan fingerprint density at radius 2 is 2.18 bits per heavy atom. The highest BCUT2D eigenvalue weighted by Crippen LogP contribution is 2.43. The van der Waals surface area contributed by atoms with Crippen LogP contribution in [0.3, 0.4) is 0 Å². The number of carboxylic acid groups (broad SMARTS) is 1. The van der Waals surface area contributed by atoms with Gasteiger partial charge in [0.15, 0.2) is 0 Å². The van der Waals surface area contributed by atoms with Gasteiger partial charge in [0.2, 0.25) is 0 Å². The first-order valence-corrected chi connectivity index (χ1v) is 12.2. The van der Waals surface area contributed by atoms with Crippen molar-refractivity contribution in [3.63, 3.8) is 0 Å². The molecular weight excluding hydrogens is 481 g/mol. The Balaban J connectivity index is 1.70. The van der Waals surface area contributed by atoms with E-state index in [4.69, 9.17) is 14.5 Å². The second kappa shape index (κ2) is 9.16. The van der Waals surface area contributed by atoms with Crippen LogP contribution >= 0.6 is 22.7 Å². The lowest BCUT2D eigenvalue weighted by Crippen LogP contribution is -2.34. The predicted octanol–water partition coefficient (Wildman–Crippen LogP) is 4.58. The minimum Gasteiger partial charge on any atom is -0.490 e. The van der Waals surface area contributed by atoms with Gasteiger partial charge in [0.05, 0.1) is 29.9 Å². The fourth-order valence-electron chi connectivity index (χ4n) is 3.98. The zero-order valence-corrected chi connectivity index (χ0v) is 19.7. The quantitative estimate of drug-likeness (QED) is 0.375. The van der Waals surface area contributed by atoms with Crippen LogP contribution in [0.25, 0.3) is 31.9 Å². The van der Waals surface area contributed by atoms with Crippen LogP contribution in [0.5, 0.6) is 5.75 Å². The Hall–Kier alpha value is -3.28. The van der Waals surface area contributed by atoms with Gasteiger partial charge in [-0.2, -0.15) is 0 Å². The molecule has 3 aromatic heterocycles. The van der Waals surface area contributed by atoms with Crippen molar-refractivity contribution in [3.8, 4) is 27.6 Å². The Kier molecular flexibility index (Phi) is 6.07. The Bertz CT molecular complexity index is 1440. The second-order valence-corrected chi connectivity index (χ2v) is 9.69. The van der Waals surface area contributed by atoms with Gasteiger partial charge in [0.25, 0.3) is 5.56 Å². The summed E-state index contributed by atoms with van der Waals surface area (Å²) in [6.45, 7) is 1.19. The van der Waals surface area contributed by atoms with Gasteiger partial charge in [-0.1, -0.05) is 0 Å². The number of nitrogens with one attached hydrogen (secondary N) is 1. The van der Waals surface area contributed by atoms with Crippen LogP contribution in [0.2, 0.25) is 0 Å². The maximum Gasteiger partial charge on any atom is 0.407 e. The van der Waals surface area contributed by atoms with Gasteiger partial charge >= 0.3 is 6.09 Å². The van der Waals surface area contributed by atoms with Crippen molar-refractivity contribution in [3.05, 3.63) is 56.4 Å². The van der Waals surface area contributed by atoms with Crippen molar-refractivity contribution in [2.45, 2.75) is 13.0 Å². The molecule has 34 heavy (non-hydrogen) atoms. The average Bonchev–Trinajstić information content (AvgIpc) is 3.47. The SMILES string of the molecule is COCCOc1cc(F)ccc1-c1c(-c2nc3c(s2)CN(C(=O)O)CC3)[nH]c(=O)c2ccsc12. The number of thiophene rings is 1. The number of ether oxygens (including phenoxy) is 2. The molecule has 0 fully saturated rings. The Labute approximate surface area is 201 Å². The van der Waals surface area contributed by atoms with Crippen LogP contribution in [0.4, 0.5) is 9.18 Å². The smallest absolute Gasteiger partial charge is 0.407 e. The van der Waals surface area contributed by atoms with Crippen molar-refractivity contribution in [1.82, 2.24) is 14.9 Å². The molecule has 0 saturated carbocycles. The van der Waals surface area contributed by atoms with Crippen LogP contribution < -0.4 is 10.3 Å². The van der Waals surface area contributed by atoms with Gasteiger partial charge in [0, 0.05) is 46.8 Å². The number of thiazole rings is 1. The first-order valence-electron chi connectivity index (χ1n) is 10.5. The Morgan fingerprint density at radius 1 is 1.32 bits per heavy atom. The standard InChI is InChI=1S/C23H20FN3O5S2/c1-31-7-8-32-16-10-12(24)2-3-13(16)18-19(26-21(28)14-5-9-33-20(14)18)22-25-15-4-6-27(23(29)30)11-17(15)34-22/h2-3,5,9-10H,4,6-8,11H2,1H3,(H,26,28)(H,29,30). The van der Waals surface area contributed by atoms with Gasteiger partial charge in [0.1, 0.15) is 23.2 Å². The minimum absolute atomic E-state index is 0.232. The summed E-state index contributed by atoms with van der Waals surface area (Å²) in [5.74, 6) is -0.110. The fraction of sp³-hybridized carbons (Fsp3) is 0.261. The normalized spacial score (nSPS) is 13.3. The fourth-order valence-corrected chi connectivity index (χ4v) is 6.07. The number of fused-ring (bicyclic) bond motifs is 2. The molecule has 4 heterocycles. The summed E-state index contributed by atoms with van der Waals surface area (Å²) in [6.07, 6.45) is -0.472. The van der Waals surface area contributed by atoms with Gasteiger partial charge in [-0.05, 0) is 23.6 Å². The van der Waals surface area contributed by atoms with Crippen molar-refractivity contribution >= 4 is 38.9 Å². The third kappa shape index (κ3) is 4.06. The molecule has 11 heteroatoms. The van der Waals surface area contributed by atoms with Crippen molar-refractivity contribution in [2.75, 3.05) is 26.9 Å². The third-order valence-corrected chi connectivity index (χ3v) is 7.63. The zero-order chi connectivity index (χ0) is 23.8. The van der Waals surface area contributed by atoms with Gasteiger partial charge < -0.3 is 24.5 Å². The molecular formula is C23H20FN3O5S2. The van der Waals surface area contributed by atoms with E-state index in [-0.39, 0.29) is 18.7 Å². The van der Waals surface area contributed by atoms with E-state index in [1.807, 2.05) is 5.38 Å². The maximum atomic E-state index is 14.1. The molecule has 1 aliphatic rings. The van der Waals surface area contributed by atoms with Crippen LogP contribution in [-0.4, -0.2) is 52.9 Å². The number of H-pyrrole nitrogens is 1. The van der Waals surface area contributed by atoms with E-state index in [1.54, 1.807) is 19.2 Å². The van der Waals surface area contributed by atoms with Crippen molar-refractivity contribution < 1.29 is 23.8 Å². The predicted molar refractivity (Wildman–Crippen MR) is 128 cm³/mol. The number of pyridine rings is 1. The lowest BCUT2D eigenvalue weighted by atomic mass is 10.0. The van der Waals surface area contributed by atoms with Crippen LogP contribution in [0.1, 0.15) is 10.6 Å². The molecule has 2 N–H and O–H groups in total. The number of carbonyl (C=O) groups is 1. The number of hydrogen-bond acceptors (Lipinski definition) is 7. The van der Waals surface area contributed by atoms with Crippen molar-refractivity contribution in [2.24, 2.45) is 0 Å². The molecule has 176 valence electrons. The summed E-state index contributed by atoms with van der Waals surface area (Å²) >= 11 is 2.76. The summed E-state index contributed by atoms with van der Waals surface area (Å²) < 4.78 is 25.8. The van der Waals surface area contributed by atoms with E-state index in [0.717, 1.165) is 15.3 Å². The molecule has 0 bridgehead atoms. The molecule has 0 radical (unpaired) electrons. The van der Waals surface area contributed by atoms with Crippen molar-refractivity contribution in [1.29, 1.82) is 0 Å². The van der Waals surface area contributed by atoms with E-state index in [2.05, 4.69) is 4.98 Å².